The van der Waals surface area contributed by atoms with Crippen molar-refractivity contribution in [2.75, 3.05) is 7.11 Å². The van der Waals surface area contributed by atoms with E-state index in [2.05, 4.69) is 10.1 Å². The van der Waals surface area contributed by atoms with E-state index in [1.54, 1.807) is 14.0 Å². The summed E-state index contributed by atoms with van der Waals surface area (Å²) in [5.41, 5.74) is 0.831. The van der Waals surface area contributed by atoms with Gasteiger partial charge in [0.15, 0.2) is 6.10 Å². The summed E-state index contributed by atoms with van der Waals surface area (Å²) in [5.74, 6) is 2.29. The van der Waals surface area contributed by atoms with Crippen LogP contribution >= 0.6 is 0 Å². The highest BCUT2D eigenvalue weighted by atomic mass is 16.5. The molecule has 7 heteroatoms. The zero-order valence-corrected chi connectivity index (χ0v) is 18.6. The van der Waals surface area contributed by atoms with E-state index in [0.717, 1.165) is 37.0 Å². The Kier molecular flexibility index (Phi) is 7.04. The third kappa shape index (κ3) is 5.28. The number of para-hydroxylation sites is 1. The Labute approximate surface area is 188 Å². The summed E-state index contributed by atoms with van der Waals surface area (Å²) >= 11 is 0. The van der Waals surface area contributed by atoms with Crippen LogP contribution in [0.15, 0.2) is 59.1 Å². The van der Waals surface area contributed by atoms with Crippen molar-refractivity contribution in [2.24, 2.45) is 0 Å². The van der Waals surface area contributed by atoms with Crippen LogP contribution < -0.4 is 9.47 Å². The normalized spacial score (nSPS) is 15.2. The van der Waals surface area contributed by atoms with Gasteiger partial charge in [-0.1, -0.05) is 42.6 Å². The minimum Gasteiger partial charge on any atom is -0.497 e. The first-order chi connectivity index (χ1) is 15.6. The van der Waals surface area contributed by atoms with Gasteiger partial charge in [0.25, 0.3) is 5.91 Å². The van der Waals surface area contributed by atoms with Crippen LogP contribution in [-0.4, -0.2) is 40.2 Å². The van der Waals surface area contributed by atoms with Gasteiger partial charge in [0, 0.05) is 11.6 Å². The maximum absolute atomic E-state index is 13.4. The zero-order chi connectivity index (χ0) is 22.3. The summed E-state index contributed by atoms with van der Waals surface area (Å²) in [6.07, 6.45) is 4.78. The number of hydrogen-bond donors (Lipinski definition) is 0. The van der Waals surface area contributed by atoms with E-state index in [9.17, 15) is 4.79 Å². The van der Waals surface area contributed by atoms with Gasteiger partial charge in [0.1, 0.15) is 18.0 Å². The van der Waals surface area contributed by atoms with Gasteiger partial charge in [-0.3, -0.25) is 4.79 Å². The monoisotopic (exact) mass is 435 g/mol. The van der Waals surface area contributed by atoms with Gasteiger partial charge in [0.2, 0.25) is 11.7 Å². The molecule has 0 saturated heterocycles. The van der Waals surface area contributed by atoms with Crippen LogP contribution in [0.5, 0.6) is 11.5 Å². The molecule has 1 aliphatic carbocycles. The number of ether oxygens (including phenoxy) is 2. The molecule has 7 nitrogen and oxygen atoms in total. The first-order valence-corrected chi connectivity index (χ1v) is 11.1. The Balaban J connectivity index is 1.50. The number of nitrogens with zero attached hydrogens (tertiary/aromatic N) is 3. The molecule has 0 aliphatic heterocycles. The lowest BCUT2D eigenvalue weighted by molar-refractivity contribution is -0.142. The van der Waals surface area contributed by atoms with Crippen molar-refractivity contribution in [1.82, 2.24) is 15.0 Å². The third-order valence-electron chi connectivity index (χ3n) is 5.82. The minimum atomic E-state index is -0.608. The van der Waals surface area contributed by atoms with Gasteiger partial charge < -0.3 is 18.9 Å². The molecule has 1 aliphatic rings. The molecule has 0 N–H and O–H groups in total. The molecule has 32 heavy (non-hydrogen) atoms. The summed E-state index contributed by atoms with van der Waals surface area (Å²) in [4.78, 5) is 19.8. The number of amides is 1. The third-order valence-corrected chi connectivity index (χ3v) is 5.82. The Morgan fingerprint density at radius 3 is 2.47 bits per heavy atom. The summed E-state index contributed by atoms with van der Waals surface area (Å²) in [6, 6.07) is 17.0. The van der Waals surface area contributed by atoms with E-state index in [0.29, 0.717) is 17.5 Å². The lowest BCUT2D eigenvalue weighted by atomic mass is 9.94. The number of hydrogen-bond acceptors (Lipinski definition) is 6. The molecule has 1 heterocycles. The number of aromatic nitrogens is 2. The fourth-order valence-corrected chi connectivity index (χ4v) is 4.09. The SMILES string of the molecule is COc1ccc(-c2noc(CN(C(=O)C(C)Oc3ccccc3)C3CCCCC3)n2)cc1. The fourth-order valence-electron chi connectivity index (χ4n) is 4.09. The molecule has 4 rings (SSSR count). The van der Waals surface area contributed by atoms with Crippen LogP contribution in [0.2, 0.25) is 0 Å². The standard InChI is InChI=1S/C25H29N3O4/c1-18(31-22-11-7-4-8-12-22)25(29)28(20-9-5-3-6-10-20)17-23-26-24(27-32-23)19-13-15-21(30-2)16-14-19/h4,7-8,11-16,18,20H,3,5-6,9-10,17H2,1-2H3. The van der Waals surface area contributed by atoms with E-state index in [1.807, 2.05) is 59.5 Å². The molecule has 1 amide bonds. The van der Waals surface area contributed by atoms with Crippen molar-refractivity contribution in [1.29, 1.82) is 0 Å². The van der Waals surface area contributed by atoms with Crippen LogP contribution in [0.25, 0.3) is 11.4 Å². The molecule has 0 spiro atoms. The van der Waals surface area contributed by atoms with Gasteiger partial charge >= 0.3 is 0 Å². The average molecular weight is 436 g/mol. The first kappa shape index (κ1) is 21.9. The van der Waals surface area contributed by atoms with Crippen LogP contribution in [-0.2, 0) is 11.3 Å². The maximum Gasteiger partial charge on any atom is 0.264 e. The van der Waals surface area contributed by atoms with Crippen molar-refractivity contribution in [2.45, 2.75) is 57.7 Å². The summed E-state index contributed by atoms with van der Waals surface area (Å²) in [7, 11) is 1.63. The summed E-state index contributed by atoms with van der Waals surface area (Å²) in [5, 5.41) is 4.12. The van der Waals surface area contributed by atoms with Crippen molar-refractivity contribution in [3.63, 3.8) is 0 Å². The van der Waals surface area contributed by atoms with Gasteiger partial charge in [0.05, 0.1) is 7.11 Å². The van der Waals surface area contributed by atoms with Gasteiger partial charge in [-0.05, 0) is 56.2 Å². The molecule has 1 saturated carbocycles. The highest BCUT2D eigenvalue weighted by Gasteiger charge is 2.31. The number of carbonyl (C=O) groups is 1. The number of rotatable bonds is 8. The Morgan fingerprint density at radius 2 is 1.78 bits per heavy atom. The number of methoxy groups -OCH3 is 1. The van der Waals surface area contributed by atoms with E-state index >= 15 is 0 Å². The van der Waals surface area contributed by atoms with E-state index < -0.39 is 6.10 Å². The lowest BCUT2D eigenvalue weighted by Gasteiger charge is -2.35. The zero-order valence-electron chi connectivity index (χ0n) is 18.6. The predicted octanol–water partition coefficient (Wildman–Crippen LogP) is 4.87. The fraction of sp³-hybridized carbons (Fsp3) is 0.400. The second-order valence-electron chi connectivity index (χ2n) is 8.07. The molecule has 1 atom stereocenters. The molecular weight excluding hydrogens is 406 g/mol. The highest BCUT2D eigenvalue weighted by molar-refractivity contribution is 5.81. The van der Waals surface area contributed by atoms with E-state index in [-0.39, 0.29) is 18.5 Å². The Morgan fingerprint density at radius 1 is 1.06 bits per heavy atom. The van der Waals surface area contributed by atoms with Crippen molar-refractivity contribution in [3.8, 4) is 22.9 Å². The van der Waals surface area contributed by atoms with Gasteiger partial charge in [-0.15, -0.1) is 0 Å². The van der Waals surface area contributed by atoms with Crippen molar-refractivity contribution in [3.05, 3.63) is 60.5 Å². The van der Waals surface area contributed by atoms with E-state index in [1.165, 1.54) is 6.42 Å². The minimum absolute atomic E-state index is 0.0649. The van der Waals surface area contributed by atoms with Crippen molar-refractivity contribution < 1.29 is 18.8 Å². The summed E-state index contributed by atoms with van der Waals surface area (Å²) in [6.45, 7) is 2.07. The van der Waals surface area contributed by atoms with E-state index in [4.69, 9.17) is 14.0 Å². The molecule has 1 fully saturated rings. The predicted molar refractivity (Wildman–Crippen MR) is 120 cm³/mol. The molecule has 1 unspecified atom stereocenters. The molecule has 2 aromatic carbocycles. The lowest BCUT2D eigenvalue weighted by Crippen LogP contribution is -2.46. The van der Waals surface area contributed by atoms with Crippen LogP contribution in [0.3, 0.4) is 0 Å². The Hall–Kier alpha value is -3.35. The molecule has 0 bridgehead atoms. The highest BCUT2D eigenvalue weighted by Crippen LogP contribution is 2.26. The van der Waals surface area contributed by atoms with Gasteiger partial charge in [-0.2, -0.15) is 4.98 Å². The molecule has 0 radical (unpaired) electrons. The van der Waals surface area contributed by atoms with Crippen molar-refractivity contribution >= 4 is 5.91 Å². The molecule has 1 aromatic heterocycles. The second kappa shape index (κ2) is 10.3. The molecule has 3 aromatic rings. The topological polar surface area (TPSA) is 77.7 Å². The maximum atomic E-state index is 13.4. The average Bonchev–Trinajstić information content (AvgIpc) is 3.32. The van der Waals surface area contributed by atoms with Gasteiger partial charge in [-0.25, -0.2) is 0 Å². The number of benzene rings is 2. The second-order valence-corrected chi connectivity index (χ2v) is 8.07. The largest absolute Gasteiger partial charge is 0.497 e. The summed E-state index contributed by atoms with van der Waals surface area (Å²) < 4.78 is 16.6. The molecule has 168 valence electrons. The smallest absolute Gasteiger partial charge is 0.264 e. The first-order valence-electron chi connectivity index (χ1n) is 11.1. The van der Waals surface area contributed by atoms with Crippen LogP contribution in [0, 0.1) is 0 Å². The van der Waals surface area contributed by atoms with Crippen LogP contribution in [0.1, 0.15) is 44.9 Å². The quantitative estimate of drug-likeness (QED) is 0.502. The molecular formula is C25H29N3O4. The number of carbonyl (C=O) groups excluding carboxylic acids is 1. The Bertz CT molecular complexity index is 998. The van der Waals surface area contributed by atoms with Crippen LogP contribution in [0.4, 0.5) is 0 Å².